The maximum atomic E-state index is 8.06. The minimum absolute atomic E-state index is 0.00514. The topological polar surface area (TPSA) is 48.6 Å². The molecule has 0 unspecified atom stereocenters. The number of hydrogen-bond donors (Lipinski definition) is 0. The first-order valence-electron chi connectivity index (χ1n) is 2.89. The number of oxime groups is 1. The van der Waals surface area contributed by atoms with Crippen molar-refractivity contribution in [1.82, 2.24) is 4.90 Å². The lowest BCUT2D eigenvalue weighted by Gasteiger charge is -2.08. The SMILES string of the molecule is CC(=NOCC#N)N(C)C. The van der Waals surface area contributed by atoms with E-state index in [9.17, 15) is 0 Å². The molecule has 56 valence electrons. The highest BCUT2D eigenvalue weighted by Crippen LogP contribution is 1.83. The fraction of sp³-hybridized carbons (Fsp3) is 0.667. The quantitative estimate of drug-likeness (QED) is 0.242. The number of hydrogen-bond acceptors (Lipinski definition) is 3. The van der Waals surface area contributed by atoms with Gasteiger partial charge in [0.2, 0.25) is 6.61 Å². The van der Waals surface area contributed by atoms with Crippen molar-refractivity contribution in [2.75, 3.05) is 20.7 Å². The lowest BCUT2D eigenvalue weighted by molar-refractivity contribution is 0.174. The van der Waals surface area contributed by atoms with Crippen molar-refractivity contribution >= 4 is 5.84 Å². The highest BCUT2D eigenvalue weighted by molar-refractivity contribution is 5.78. The van der Waals surface area contributed by atoms with Gasteiger partial charge in [-0.2, -0.15) is 5.26 Å². The predicted molar refractivity (Wildman–Crippen MR) is 38.4 cm³/mol. The third kappa shape index (κ3) is 3.72. The van der Waals surface area contributed by atoms with Gasteiger partial charge in [0.1, 0.15) is 11.9 Å². The summed E-state index contributed by atoms with van der Waals surface area (Å²) < 4.78 is 0. The summed E-state index contributed by atoms with van der Waals surface area (Å²) in [5.74, 6) is 0.746. The highest BCUT2D eigenvalue weighted by Gasteiger charge is 1.90. The first-order chi connectivity index (χ1) is 4.68. The molecule has 0 heterocycles. The summed E-state index contributed by atoms with van der Waals surface area (Å²) in [6.07, 6.45) is 0. The third-order valence-corrected chi connectivity index (χ3v) is 0.973. The summed E-state index contributed by atoms with van der Waals surface area (Å²) in [7, 11) is 3.71. The molecule has 0 saturated heterocycles. The molecule has 0 aliphatic carbocycles. The largest absolute Gasteiger partial charge is 0.379 e. The molecule has 0 fully saturated rings. The maximum absolute atomic E-state index is 8.06. The van der Waals surface area contributed by atoms with Crippen LogP contribution in [0.15, 0.2) is 5.16 Å². The fourth-order valence-electron chi connectivity index (χ4n) is 0.236. The van der Waals surface area contributed by atoms with Crippen LogP contribution in [0.4, 0.5) is 0 Å². The summed E-state index contributed by atoms with van der Waals surface area (Å²) in [5, 5.41) is 11.7. The maximum Gasteiger partial charge on any atom is 0.202 e. The van der Waals surface area contributed by atoms with Crippen molar-refractivity contribution in [3.63, 3.8) is 0 Å². The van der Waals surface area contributed by atoms with Gasteiger partial charge in [-0.3, -0.25) is 0 Å². The molecular weight excluding hydrogens is 130 g/mol. The first kappa shape index (κ1) is 8.76. The molecule has 0 aromatic carbocycles. The molecule has 0 radical (unpaired) electrons. The predicted octanol–water partition coefficient (Wildman–Crippen LogP) is 0.422. The van der Waals surface area contributed by atoms with E-state index in [0.29, 0.717) is 0 Å². The standard InChI is InChI=1S/C6H11N3O/c1-6(9(2)3)8-10-5-4-7/h5H2,1-3H3. The Labute approximate surface area is 60.7 Å². The summed E-state index contributed by atoms with van der Waals surface area (Å²) >= 11 is 0. The van der Waals surface area contributed by atoms with Gasteiger partial charge < -0.3 is 9.74 Å². The molecule has 0 aromatic rings. The first-order valence-corrected chi connectivity index (χ1v) is 2.89. The van der Waals surface area contributed by atoms with Crippen molar-refractivity contribution in [2.24, 2.45) is 5.16 Å². The summed E-state index contributed by atoms with van der Waals surface area (Å²) in [4.78, 5) is 6.39. The Kier molecular flexibility index (Phi) is 4.05. The molecule has 0 saturated carbocycles. The van der Waals surface area contributed by atoms with Gasteiger partial charge in [-0.25, -0.2) is 0 Å². The Balaban J connectivity index is 3.60. The van der Waals surface area contributed by atoms with E-state index in [2.05, 4.69) is 9.99 Å². The van der Waals surface area contributed by atoms with E-state index in [-0.39, 0.29) is 6.61 Å². The van der Waals surface area contributed by atoms with E-state index in [1.54, 1.807) is 11.8 Å². The number of nitriles is 1. The zero-order chi connectivity index (χ0) is 7.98. The number of rotatable bonds is 2. The van der Waals surface area contributed by atoms with Gasteiger partial charge in [0, 0.05) is 14.1 Å². The van der Waals surface area contributed by atoms with Crippen molar-refractivity contribution in [2.45, 2.75) is 6.92 Å². The van der Waals surface area contributed by atoms with Crippen LogP contribution in [-0.2, 0) is 4.84 Å². The molecule has 0 amide bonds. The van der Waals surface area contributed by atoms with Crippen molar-refractivity contribution < 1.29 is 4.84 Å². The van der Waals surface area contributed by atoms with Crippen LogP contribution in [0, 0.1) is 11.3 Å². The molecule has 0 N–H and O–H groups in total. The van der Waals surface area contributed by atoms with Gasteiger partial charge in [0.25, 0.3) is 0 Å². The normalized spacial score (nSPS) is 10.4. The van der Waals surface area contributed by atoms with E-state index in [0.717, 1.165) is 5.84 Å². The van der Waals surface area contributed by atoms with Crippen LogP contribution in [0.25, 0.3) is 0 Å². The highest BCUT2D eigenvalue weighted by atomic mass is 16.6. The summed E-state index contributed by atoms with van der Waals surface area (Å²) in [6.45, 7) is 1.81. The average Bonchev–Trinajstić information content (AvgIpc) is 1.88. The molecule has 0 atom stereocenters. The second kappa shape index (κ2) is 4.62. The fourth-order valence-corrected chi connectivity index (χ4v) is 0.236. The van der Waals surface area contributed by atoms with Crippen LogP contribution in [-0.4, -0.2) is 31.4 Å². The van der Waals surface area contributed by atoms with Crippen molar-refractivity contribution in [3.05, 3.63) is 0 Å². The van der Waals surface area contributed by atoms with Crippen molar-refractivity contribution in [3.8, 4) is 6.07 Å². The van der Waals surface area contributed by atoms with E-state index in [1.165, 1.54) is 0 Å². The van der Waals surface area contributed by atoms with Crippen LogP contribution < -0.4 is 0 Å². The lowest BCUT2D eigenvalue weighted by Crippen LogP contribution is -2.18. The molecule has 10 heavy (non-hydrogen) atoms. The zero-order valence-electron chi connectivity index (χ0n) is 6.46. The van der Waals surface area contributed by atoms with Gasteiger partial charge in [-0.05, 0) is 6.92 Å². The average molecular weight is 141 g/mol. The van der Waals surface area contributed by atoms with Gasteiger partial charge >= 0.3 is 0 Å². The Hall–Kier alpha value is -1.24. The number of amidine groups is 1. The van der Waals surface area contributed by atoms with E-state index in [1.807, 2.05) is 20.2 Å². The molecule has 0 rings (SSSR count). The molecule has 0 spiro atoms. The lowest BCUT2D eigenvalue weighted by atomic mass is 10.6. The van der Waals surface area contributed by atoms with E-state index < -0.39 is 0 Å². The molecule has 0 aromatic heterocycles. The van der Waals surface area contributed by atoms with Crippen LogP contribution >= 0.6 is 0 Å². The van der Waals surface area contributed by atoms with Gasteiger partial charge in [-0.15, -0.1) is 0 Å². The van der Waals surface area contributed by atoms with Gasteiger partial charge in [0.15, 0.2) is 0 Å². The monoisotopic (exact) mass is 141 g/mol. The second-order valence-corrected chi connectivity index (χ2v) is 1.96. The molecule has 4 nitrogen and oxygen atoms in total. The minimum Gasteiger partial charge on any atom is -0.379 e. The van der Waals surface area contributed by atoms with Crippen LogP contribution in [0.2, 0.25) is 0 Å². The minimum atomic E-state index is 0.00514. The molecule has 4 heteroatoms. The molecule has 0 aliphatic rings. The van der Waals surface area contributed by atoms with E-state index in [4.69, 9.17) is 5.26 Å². The van der Waals surface area contributed by atoms with Gasteiger partial charge in [0.05, 0.1) is 0 Å². The molecular formula is C6H11N3O. The van der Waals surface area contributed by atoms with Crippen LogP contribution in [0.3, 0.4) is 0 Å². The number of nitrogens with zero attached hydrogens (tertiary/aromatic N) is 3. The van der Waals surface area contributed by atoms with Gasteiger partial charge in [-0.1, -0.05) is 5.16 Å². The Morgan fingerprint density at radius 1 is 1.70 bits per heavy atom. The third-order valence-electron chi connectivity index (χ3n) is 0.973. The Bertz CT molecular complexity index is 157. The summed E-state index contributed by atoms with van der Waals surface area (Å²) in [6, 6.07) is 1.81. The van der Waals surface area contributed by atoms with E-state index >= 15 is 0 Å². The zero-order valence-corrected chi connectivity index (χ0v) is 6.46. The molecule has 0 aliphatic heterocycles. The van der Waals surface area contributed by atoms with Crippen LogP contribution in [0.1, 0.15) is 6.92 Å². The summed E-state index contributed by atoms with van der Waals surface area (Å²) in [5.41, 5.74) is 0. The Morgan fingerprint density at radius 3 is 2.70 bits per heavy atom. The molecule has 0 bridgehead atoms. The second-order valence-electron chi connectivity index (χ2n) is 1.96. The van der Waals surface area contributed by atoms with Crippen LogP contribution in [0.5, 0.6) is 0 Å². The van der Waals surface area contributed by atoms with Crippen molar-refractivity contribution in [1.29, 1.82) is 5.26 Å². The Morgan fingerprint density at radius 2 is 2.30 bits per heavy atom. The smallest absolute Gasteiger partial charge is 0.202 e.